The summed E-state index contributed by atoms with van der Waals surface area (Å²) in [5, 5.41) is 11.8. The highest BCUT2D eigenvalue weighted by atomic mass is 16.4. The summed E-state index contributed by atoms with van der Waals surface area (Å²) >= 11 is 0. The van der Waals surface area contributed by atoms with E-state index in [1.54, 1.807) is 0 Å². The molecule has 0 spiro atoms. The topological polar surface area (TPSA) is 32.6 Å². The van der Waals surface area contributed by atoms with Crippen molar-refractivity contribution in [2.24, 2.45) is 11.1 Å². The minimum atomic E-state index is 0.386. The molecule has 2 nitrogen and oxygen atoms in total. The molecule has 0 heterocycles. The highest BCUT2D eigenvalue weighted by molar-refractivity contribution is 5.85. The fourth-order valence-corrected chi connectivity index (χ4v) is 0.812. The molecule has 0 rings (SSSR count). The Morgan fingerprint density at radius 3 is 2.40 bits per heavy atom. The number of rotatable bonds is 4. The first kappa shape index (κ1) is 9.47. The first-order valence-corrected chi connectivity index (χ1v) is 3.93. The summed E-state index contributed by atoms with van der Waals surface area (Å²) in [7, 11) is 0. The van der Waals surface area contributed by atoms with E-state index in [-0.39, 0.29) is 0 Å². The fraction of sp³-hybridized carbons (Fsp3) is 0.875. The standard InChI is InChI=1S/C8H17NO/c1-4-5-6-8(9-10)7(2)3/h7,10H,4-6H2,1-3H3. The molecule has 0 aromatic rings. The molecule has 0 aromatic carbocycles. The molecular formula is C8H17NO. The summed E-state index contributed by atoms with van der Waals surface area (Å²) < 4.78 is 0. The molecule has 1 N–H and O–H groups in total. The second-order valence-corrected chi connectivity index (χ2v) is 2.85. The van der Waals surface area contributed by atoms with Gasteiger partial charge in [0.25, 0.3) is 0 Å². The van der Waals surface area contributed by atoms with Crippen LogP contribution in [-0.2, 0) is 0 Å². The number of hydrogen-bond donors (Lipinski definition) is 1. The normalized spacial score (nSPS) is 12.6. The van der Waals surface area contributed by atoms with Crippen molar-refractivity contribution < 1.29 is 5.21 Å². The number of nitrogens with zero attached hydrogens (tertiary/aromatic N) is 1. The Labute approximate surface area is 62.9 Å². The Morgan fingerprint density at radius 2 is 2.10 bits per heavy atom. The number of hydrogen-bond acceptors (Lipinski definition) is 2. The van der Waals surface area contributed by atoms with E-state index in [1.807, 2.05) is 13.8 Å². The Morgan fingerprint density at radius 1 is 1.50 bits per heavy atom. The van der Waals surface area contributed by atoms with Gasteiger partial charge >= 0.3 is 0 Å². The van der Waals surface area contributed by atoms with Crippen LogP contribution in [0.3, 0.4) is 0 Å². The van der Waals surface area contributed by atoms with Crippen molar-refractivity contribution >= 4 is 5.71 Å². The van der Waals surface area contributed by atoms with Gasteiger partial charge in [-0.05, 0) is 18.8 Å². The summed E-state index contributed by atoms with van der Waals surface area (Å²) in [5.41, 5.74) is 0.918. The van der Waals surface area contributed by atoms with Gasteiger partial charge in [0.05, 0.1) is 5.71 Å². The van der Waals surface area contributed by atoms with Gasteiger partial charge in [0.1, 0.15) is 0 Å². The van der Waals surface area contributed by atoms with E-state index in [9.17, 15) is 0 Å². The Balaban J connectivity index is 3.63. The van der Waals surface area contributed by atoms with Gasteiger partial charge < -0.3 is 5.21 Å². The van der Waals surface area contributed by atoms with Crippen molar-refractivity contribution in [2.75, 3.05) is 0 Å². The molecule has 0 fully saturated rings. The molecule has 0 aromatic heterocycles. The molecule has 0 atom stereocenters. The SMILES string of the molecule is CCCCC(=NO)C(C)C. The van der Waals surface area contributed by atoms with Gasteiger partial charge in [-0.3, -0.25) is 0 Å². The largest absolute Gasteiger partial charge is 0.411 e. The van der Waals surface area contributed by atoms with Gasteiger partial charge in [0.15, 0.2) is 0 Å². The van der Waals surface area contributed by atoms with Crippen LogP contribution in [0.2, 0.25) is 0 Å². The maximum Gasteiger partial charge on any atom is 0.0596 e. The Hall–Kier alpha value is -0.530. The summed E-state index contributed by atoms with van der Waals surface area (Å²) in [6.07, 6.45) is 3.22. The van der Waals surface area contributed by atoms with Crippen LogP contribution in [0.25, 0.3) is 0 Å². The van der Waals surface area contributed by atoms with E-state index < -0.39 is 0 Å². The average Bonchev–Trinajstić information content (AvgIpc) is 1.89. The fourth-order valence-electron chi connectivity index (χ4n) is 0.812. The lowest BCUT2D eigenvalue weighted by Gasteiger charge is -2.05. The van der Waals surface area contributed by atoms with Gasteiger partial charge in [0.2, 0.25) is 0 Å². The maximum atomic E-state index is 8.51. The van der Waals surface area contributed by atoms with Gasteiger partial charge in [0, 0.05) is 0 Å². The first-order valence-electron chi connectivity index (χ1n) is 3.93. The quantitative estimate of drug-likeness (QED) is 0.366. The van der Waals surface area contributed by atoms with Crippen molar-refractivity contribution in [3.8, 4) is 0 Å². The maximum absolute atomic E-state index is 8.51. The minimum Gasteiger partial charge on any atom is -0.411 e. The lowest BCUT2D eigenvalue weighted by atomic mass is 10.0. The lowest BCUT2D eigenvalue weighted by Crippen LogP contribution is -2.06. The molecule has 2 heteroatoms. The van der Waals surface area contributed by atoms with Crippen LogP contribution in [0.15, 0.2) is 5.16 Å². The molecule has 0 bridgehead atoms. The molecule has 0 amide bonds. The zero-order valence-electron chi connectivity index (χ0n) is 7.09. The van der Waals surface area contributed by atoms with Crippen molar-refractivity contribution in [3.05, 3.63) is 0 Å². The Kier molecular flexibility index (Phi) is 4.99. The van der Waals surface area contributed by atoms with Gasteiger partial charge in [-0.25, -0.2) is 0 Å². The molecule has 0 aliphatic rings. The summed E-state index contributed by atoms with van der Waals surface area (Å²) in [4.78, 5) is 0. The van der Waals surface area contributed by atoms with Crippen LogP contribution in [0.4, 0.5) is 0 Å². The molecule has 60 valence electrons. The van der Waals surface area contributed by atoms with Crippen LogP contribution >= 0.6 is 0 Å². The van der Waals surface area contributed by atoms with Crippen molar-refractivity contribution in [1.29, 1.82) is 0 Å². The van der Waals surface area contributed by atoms with E-state index in [2.05, 4.69) is 12.1 Å². The van der Waals surface area contributed by atoms with E-state index in [1.165, 1.54) is 0 Å². The minimum absolute atomic E-state index is 0.386. The average molecular weight is 143 g/mol. The molecule has 0 aliphatic carbocycles. The highest BCUT2D eigenvalue weighted by Gasteiger charge is 2.03. The second kappa shape index (κ2) is 5.27. The second-order valence-electron chi connectivity index (χ2n) is 2.85. The van der Waals surface area contributed by atoms with Crippen LogP contribution < -0.4 is 0 Å². The van der Waals surface area contributed by atoms with Crippen LogP contribution in [0, 0.1) is 5.92 Å². The zero-order chi connectivity index (χ0) is 7.98. The number of oxime groups is 1. The van der Waals surface area contributed by atoms with E-state index >= 15 is 0 Å². The van der Waals surface area contributed by atoms with Crippen molar-refractivity contribution in [2.45, 2.75) is 40.0 Å². The van der Waals surface area contributed by atoms with Crippen molar-refractivity contribution in [3.63, 3.8) is 0 Å². The molecule has 10 heavy (non-hydrogen) atoms. The number of unbranched alkanes of at least 4 members (excludes halogenated alkanes) is 1. The highest BCUT2D eigenvalue weighted by Crippen LogP contribution is 2.05. The van der Waals surface area contributed by atoms with E-state index in [4.69, 9.17) is 5.21 Å². The molecule has 0 radical (unpaired) electrons. The zero-order valence-corrected chi connectivity index (χ0v) is 7.09. The van der Waals surface area contributed by atoms with Crippen LogP contribution in [-0.4, -0.2) is 10.9 Å². The van der Waals surface area contributed by atoms with Crippen LogP contribution in [0.5, 0.6) is 0 Å². The molecule has 0 saturated carbocycles. The van der Waals surface area contributed by atoms with Crippen LogP contribution in [0.1, 0.15) is 40.0 Å². The third-order valence-corrected chi connectivity index (χ3v) is 1.58. The van der Waals surface area contributed by atoms with Gasteiger partial charge in [-0.15, -0.1) is 0 Å². The molecular weight excluding hydrogens is 126 g/mol. The first-order chi connectivity index (χ1) is 4.72. The predicted molar refractivity (Wildman–Crippen MR) is 43.6 cm³/mol. The predicted octanol–water partition coefficient (Wildman–Crippen LogP) is 2.66. The van der Waals surface area contributed by atoms with E-state index in [0.29, 0.717) is 5.92 Å². The van der Waals surface area contributed by atoms with E-state index in [0.717, 1.165) is 25.0 Å². The third kappa shape index (κ3) is 3.49. The summed E-state index contributed by atoms with van der Waals surface area (Å²) in [5.74, 6) is 0.386. The van der Waals surface area contributed by atoms with Gasteiger partial charge in [-0.2, -0.15) is 0 Å². The lowest BCUT2D eigenvalue weighted by molar-refractivity contribution is 0.314. The Bertz CT molecular complexity index is 108. The molecule has 0 unspecified atom stereocenters. The smallest absolute Gasteiger partial charge is 0.0596 e. The monoisotopic (exact) mass is 143 g/mol. The summed E-state index contributed by atoms with van der Waals surface area (Å²) in [6.45, 7) is 6.23. The van der Waals surface area contributed by atoms with Gasteiger partial charge in [-0.1, -0.05) is 32.3 Å². The molecule has 0 aliphatic heterocycles. The summed E-state index contributed by atoms with van der Waals surface area (Å²) in [6, 6.07) is 0. The van der Waals surface area contributed by atoms with Crippen molar-refractivity contribution in [1.82, 2.24) is 0 Å². The third-order valence-electron chi connectivity index (χ3n) is 1.58. The molecule has 0 saturated heterocycles.